The second-order valence-electron chi connectivity index (χ2n) is 8.53. The maximum Gasteiger partial charge on any atom is 0.254 e. The monoisotopic (exact) mass is 507 g/mol. The molecular weight excluding hydrogens is 478 g/mol. The first-order chi connectivity index (χ1) is 17.4. The SMILES string of the molecule is C#C/C=C(Cl)\C=C/C[C@@H]1[C@@H](C(=O)NCCc2ccccn2)c2ccccc2C(=O)N1[C@@H](CO)[C@H](C)O. The summed E-state index contributed by atoms with van der Waals surface area (Å²) in [4.78, 5) is 32.9. The Kier molecular flexibility index (Phi) is 9.83. The normalized spacial score (nSPS) is 19.5. The Balaban J connectivity index is 1.98. The number of carbonyl (C=O) groups excluding carboxylic acids is 2. The Labute approximate surface area is 216 Å². The maximum absolute atomic E-state index is 13.6. The van der Waals surface area contributed by atoms with E-state index in [4.69, 9.17) is 18.0 Å². The predicted molar refractivity (Wildman–Crippen MR) is 139 cm³/mol. The number of aliphatic hydroxyl groups excluding tert-OH is 2. The van der Waals surface area contributed by atoms with E-state index < -0.39 is 30.7 Å². The van der Waals surface area contributed by atoms with Gasteiger partial charge in [-0.05, 0) is 43.2 Å². The molecule has 188 valence electrons. The summed E-state index contributed by atoms with van der Waals surface area (Å²) >= 11 is 6.10. The van der Waals surface area contributed by atoms with Gasteiger partial charge in [0.15, 0.2) is 0 Å². The molecule has 2 heterocycles. The molecule has 0 radical (unpaired) electrons. The smallest absolute Gasteiger partial charge is 0.254 e. The fraction of sp³-hybridized carbons (Fsp3) is 0.321. The first-order valence-corrected chi connectivity index (χ1v) is 12.1. The van der Waals surface area contributed by atoms with Gasteiger partial charge < -0.3 is 20.4 Å². The minimum absolute atomic E-state index is 0.246. The van der Waals surface area contributed by atoms with Crippen LogP contribution >= 0.6 is 11.6 Å². The summed E-state index contributed by atoms with van der Waals surface area (Å²) in [6.45, 7) is 1.41. The molecule has 1 aliphatic heterocycles. The molecule has 1 aromatic heterocycles. The van der Waals surface area contributed by atoms with Crippen molar-refractivity contribution in [3.05, 3.63) is 88.7 Å². The van der Waals surface area contributed by atoms with Crippen molar-refractivity contribution in [2.24, 2.45) is 0 Å². The molecule has 3 N–H and O–H groups in total. The van der Waals surface area contributed by atoms with Crippen LogP contribution in [0.2, 0.25) is 0 Å². The minimum atomic E-state index is -1.02. The lowest BCUT2D eigenvalue weighted by Gasteiger charge is -2.45. The molecule has 0 unspecified atom stereocenters. The standard InChI is InChI=1S/C28H30ClN3O4/c1-3-9-20(29)10-8-14-24-26(27(35)31-17-15-21-11-6-7-16-30-21)22-12-4-5-13-23(22)28(36)32(24)25(18-33)19(2)34/h1,4-13,16,19,24-26,33-34H,14-15,17-18H2,2H3,(H,31,35)/b10-8-,20-9+/t19-,24+,25-,26-/m0/s1. The van der Waals surface area contributed by atoms with Crippen molar-refractivity contribution in [1.82, 2.24) is 15.2 Å². The van der Waals surface area contributed by atoms with Crippen molar-refractivity contribution in [3.8, 4) is 12.3 Å². The topological polar surface area (TPSA) is 103 Å². The molecule has 0 aliphatic carbocycles. The molecular formula is C28H30ClN3O4. The fourth-order valence-corrected chi connectivity index (χ4v) is 4.63. The van der Waals surface area contributed by atoms with E-state index in [1.165, 1.54) is 17.9 Å². The second-order valence-corrected chi connectivity index (χ2v) is 8.97. The molecule has 0 fully saturated rings. The summed E-state index contributed by atoms with van der Waals surface area (Å²) in [5.74, 6) is 0.988. The highest BCUT2D eigenvalue weighted by Crippen LogP contribution is 2.37. The van der Waals surface area contributed by atoms with Crippen LogP contribution in [0.5, 0.6) is 0 Å². The van der Waals surface area contributed by atoms with Gasteiger partial charge in [-0.1, -0.05) is 47.9 Å². The molecule has 36 heavy (non-hydrogen) atoms. The average molecular weight is 508 g/mol. The number of nitrogens with zero attached hydrogens (tertiary/aromatic N) is 2. The van der Waals surface area contributed by atoms with Gasteiger partial charge in [0.2, 0.25) is 5.91 Å². The fourth-order valence-electron chi connectivity index (χ4n) is 4.47. The Morgan fingerprint density at radius 1 is 1.31 bits per heavy atom. The van der Waals surface area contributed by atoms with E-state index in [2.05, 4.69) is 16.2 Å². The predicted octanol–water partition coefficient (Wildman–Crippen LogP) is 2.79. The number of rotatable bonds is 10. The summed E-state index contributed by atoms with van der Waals surface area (Å²) in [6, 6.07) is 11.0. The number of pyridine rings is 1. The van der Waals surface area contributed by atoms with Crippen LogP contribution in [-0.2, 0) is 11.2 Å². The van der Waals surface area contributed by atoms with Gasteiger partial charge in [0.1, 0.15) is 0 Å². The number of halogens is 1. The second kappa shape index (κ2) is 13.0. The largest absolute Gasteiger partial charge is 0.394 e. The molecule has 8 heteroatoms. The highest BCUT2D eigenvalue weighted by molar-refractivity contribution is 6.31. The zero-order valence-corrected chi connectivity index (χ0v) is 20.8. The summed E-state index contributed by atoms with van der Waals surface area (Å²) in [5, 5.41) is 23.8. The lowest BCUT2D eigenvalue weighted by atomic mass is 9.79. The van der Waals surface area contributed by atoms with E-state index in [0.29, 0.717) is 29.1 Å². The van der Waals surface area contributed by atoms with E-state index in [-0.39, 0.29) is 18.2 Å². The van der Waals surface area contributed by atoms with Crippen LogP contribution < -0.4 is 5.32 Å². The number of carbonyl (C=O) groups is 2. The van der Waals surface area contributed by atoms with Gasteiger partial charge in [0.25, 0.3) is 5.91 Å². The minimum Gasteiger partial charge on any atom is -0.394 e. The molecule has 1 aromatic carbocycles. The number of hydrogen-bond acceptors (Lipinski definition) is 5. The van der Waals surface area contributed by atoms with Crippen molar-refractivity contribution in [2.45, 2.75) is 43.9 Å². The molecule has 0 saturated carbocycles. The quantitative estimate of drug-likeness (QED) is 0.339. The molecule has 4 atom stereocenters. The molecule has 0 saturated heterocycles. The van der Waals surface area contributed by atoms with E-state index in [1.54, 1.807) is 42.6 Å². The van der Waals surface area contributed by atoms with Crippen molar-refractivity contribution < 1.29 is 19.8 Å². The number of benzene rings is 1. The van der Waals surface area contributed by atoms with Crippen molar-refractivity contribution >= 4 is 23.4 Å². The summed E-state index contributed by atoms with van der Waals surface area (Å²) < 4.78 is 0. The Hall–Kier alpha value is -3.44. The van der Waals surface area contributed by atoms with E-state index in [1.807, 2.05) is 18.2 Å². The molecule has 7 nitrogen and oxygen atoms in total. The van der Waals surface area contributed by atoms with Gasteiger partial charge in [-0.2, -0.15) is 0 Å². The van der Waals surface area contributed by atoms with E-state index in [0.717, 1.165) is 5.69 Å². The van der Waals surface area contributed by atoms with Gasteiger partial charge in [-0.3, -0.25) is 14.6 Å². The third-order valence-electron chi connectivity index (χ3n) is 6.17. The average Bonchev–Trinajstić information content (AvgIpc) is 2.87. The molecule has 3 rings (SSSR count). The third kappa shape index (κ3) is 6.41. The Morgan fingerprint density at radius 2 is 2.06 bits per heavy atom. The first kappa shape index (κ1) is 27.2. The van der Waals surface area contributed by atoms with Crippen molar-refractivity contribution in [2.75, 3.05) is 13.2 Å². The number of allylic oxidation sites excluding steroid dienone is 3. The zero-order chi connectivity index (χ0) is 26.1. The number of nitrogens with one attached hydrogen (secondary N) is 1. The van der Waals surface area contributed by atoms with Crippen LogP contribution in [0.4, 0.5) is 0 Å². The molecule has 2 amide bonds. The van der Waals surface area contributed by atoms with Crippen LogP contribution in [0.15, 0.2) is 71.9 Å². The van der Waals surface area contributed by atoms with Gasteiger partial charge >= 0.3 is 0 Å². The third-order valence-corrected chi connectivity index (χ3v) is 6.40. The number of hydrogen-bond donors (Lipinski definition) is 3. The van der Waals surface area contributed by atoms with Gasteiger partial charge in [0.05, 0.1) is 30.7 Å². The molecule has 0 spiro atoms. The number of terminal acetylenes is 1. The van der Waals surface area contributed by atoms with Crippen LogP contribution in [-0.4, -0.2) is 63.3 Å². The van der Waals surface area contributed by atoms with Crippen LogP contribution in [0.25, 0.3) is 0 Å². The maximum atomic E-state index is 13.6. The highest BCUT2D eigenvalue weighted by atomic mass is 35.5. The number of amides is 2. The molecule has 2 aromatic rings. The number of aromatic nitrogens is 1. The Bertz CT molecular complexity index is 1160. The highest BCUT2D eigenvalue weighted by Gasteiger charge is 2.46. The Morgan fingerprint density at radius 3 is 2.72 bits per heavy atom. The van der Waals surface area contributed by atoms with Crippen LogP contribution in [0.3, 0.4) is 0 Å². The summed E-state index contributed by atoms with van der Waals surface area (Å²) in [6.07, 6.45) is 11.5. The molecule has 1 aliphatic rings. The lowest BCUT2D eigenvalue weighted by molar-refractivity contribution is -0.124. The van der Waals surface area contributed by atoms with Crippen LogP contribution in [0, 0.1) is 12.3 Å². The molecule has 0 bridgehead atoms. The summed E-state index contributed by atoms with van der Waals surface area (Å²) in [7, 11) is 0. The van der Waals surface area contributed by atoms with Gasteiger partial charge in [0, 0.05) is 41.5 Å². The zero-order valence-electron chi connectivity index (χ0n) is 20.0. The summed E-state index contributed by atoms with van der Waals surface area (Å²) in [5.41, 5.74) is 1.81. The van der Waals surface area contributed by atoms with Crippen molar-refractivity contribution in [3.63, 3.8) is 0 Å². The van der Waals surface area contributed by atoms with Crippen molar-refractivity contribution in [1.29, 1.82) is 0 Å². The lowest BCUT2D eigenvalue weighted by Crippen LogP contribution is -2.59. The first-order valence-electron chi connectivity index (χ1n) is 11.8. The van der Waals surface area contributed by atoms with E-state index >= 15 is 0 Å². The number of fused-ring (bicyclic) bond motifs is 1. The van der Waals surface area contributed by atoms with Gasteiger partial charge in [-0.15, -0.1) is 6.42 Å². The number of aliphatic hydroxyl groups is 2. The van der Waals surface area contributed by atoms with Crippen LogP contribution in [0.1, 0.15) is 40.9 Å². The van der Waals surface area contributed by atoms with E-state index in [9.17, 15) is 19.8 Å². The van der Waals surface area contributed by atoms with Gasteiger partial charge in [-0.25, -0.2) is 0 Å².